The van der Waals surface area contributed by atoms with E-state index in [9.17, 15) is 13.2 Å². The fourth-order valence-electron chi connectivity index (χ4n) is 1.99. The molecule has 1 aromatic rings. The number of aromatic carboxylic acids is 1. The maximum atomic E-state index is 11.8. The van der Waals surface area contributed by atoms with Gasteiger partial charge in [0.25, 0.3) is 0 Å². The van der Waals surface area contributed by atoms with Crippen molar-refractivity contribution in [2.24, 2.45) is 5.92 Å². The fraction of sp³-hybridized carbons (Fsp3) is 0.462. The molecule has 0 aromatic heterocycles. The number of nitrogens with one attached hydrogen (secondary N) is 1. The maximum Gasteiger partial charge on any atom is 0.335 e. The van der Waals surface area contributed by atoms with E-state index in [1.54, 1.807) is 12.1 Å². The first kappa shape index (κ1) is 14.0. The van der Waals surface area contributed by atoms with E-state index in [-0.39, 0.29) is 17.9 Å². The lowest BCUT2D eigenvalue weighted by Gasteiger charge is -2.24. The van der Waals surface area contributed by atoms with Crippen LogP contribution in [0.3, 0.4) is 0 Å². The van der Waals surface area contributed by atoms with Gasteiger partial charge in [-0.15, -0.1) is 0 Å². The zero-order valence-electron chi connectivity index (χ0n) is 10.5. The van der Waals surface area contributed by atoms with Crippen molar-refractivity contribution in [1.29, 1.82) is 0 Å². The lowest BCUT2D eigenvalue weighted by molar-refractivity contribution is 0.0697. The molecule has 0 saturated heterocycles. The standard InChI is InChI=1S/C13H17NO4S/c15-13(16)12-6-4-10(5-7-12)8-14-19(17,18)9-11-2-1-3-11/h4-7,11,14H,1-3,8-9H2,(H,15,16). The van der Waals surface area contributed by atoms with E-state index in [4.69, 9.17) is 5.11 Å². The van der Waals surface area contributed by atoms with Gasteiger partial charge in [0.05, 0.1) is 11.3 Å². The van der Waals surface area contributed by atoms with Gasteiger partial charge < -0.3 is 5.11 Å². The lowest BCUT2D eigenvalue weighted by atomic mass is 9.87. The van der Waals surface area contributed by atoms with Gasteiger partial charge in [-0.1, -0.05) is 18.6 Å². The van der Waals surface area contributed by atoms with Crippen molar-refractivity contribution in [2.45, 2.75) is 25.8 Å². The summed E-state index contributed by atoms with van der Waals surface area (Å²) in [7, 11) is -3.23. The van der Waals surface area contributed by atoms with E-state index in [1.807, 2.05) is 0 Å². The van der Waals surface area contributed by atoms with E-state index in [0.29, 0.717) is 5.92 Å². The molecule has 1 aliphatic rings. The zero-order chi connectivity index (χ0) is 13.9. The first-order valence-corrected chi connectivity index (χ1v) is 7.91. The summed E-state index contributed by atoms with van der Waals surface area (Å²) < 4.78 is 26.1. The van der Waals surface area contributed by atoms with Crippen molar-refractivity contribution >= 4 is 16.0 Å². The topological polar surface area (TPSA) is 83.5 Å². The summed E-state index contributed by atoms with van der Waals surface area (Å²) in [6.45, 7) is 0.203. The molecule has 2 N–H and O–H groups in total. The van der Waals surface area contributed by atoms with Crippen LogP contribution in [-0.2, 0) is 16.6 Å². The van der Waals surface area contributed by atoms with Crippen molar-refractivity contribution in [3.63, 3.8) is 0 Å². The van der Waals surface area contributed by atoms with E-state index >= 15 is 0 Å². The molecule has 1 saturated carbocycles. The van der Waals surface area contributed by atoms with Crippen molar-refractivity contribution in [3.05, 3.63) is 35.4 Å². The Balaban J connectivity index is 1.88. The van der Waals surface area contributed by atoms with Gasteiger partial charge in [-0.2, -0.15) is 0 Å². The van der Waals surface area contributed by atoms with Crippen molar-refractivity contribution in [3.8, 4) is 0 Å². The summed E-state index contributed by atoms with van der Waals surface area (Å²) in [4.78, 5) is 10.7. The highest BCUT2D eigenvalue weighted by Crippen LogP contribution is 2.27. The number of sulfonamides is 1. The number of benzene rings is 1. The molecule has 0 spiro atoms. The number of hydrogen-bond acceptors (Lipinski definition) is 3. The molecule has 2 rings (SSSR count). The van der Waals surface area contributed by atoms with Crippen LogP contribution in [0.1, 0.15) is 35.2 Å². The second-order valence-corrected chi connectivity index (χ2v) is 6.75. The van der Waals surface area contributed by atoms with Crippen molar-refractivity contribution in [1.82, 2.24) is 4.72 Å². The van der Waals surface area contributed by atoms with Gasteiger partial charge in [-0.25, -0.2) is 17.9 Å². The molecule has 0 unspecified atom stereocenters. The van der Waals surface area contributed by atoms with Gasteiger partial charge in [0.1, 0.15) is 0 Å². The molecule has 0 heterocycles. The van der Waals surface area contributed by atoms with Gasteiger partial charge in [0, 0.05) is 6.54 Å². The minimum atomic E-state index is -3.23. The maximum absolute atomic E-state index is 11.8. The second kappa shape index (κ2) is 5.71. The first-order valence-electron chi connectivity index (χ1n) is 6.26. The lowest BCUT2D eigenvalue weighted by Crippen LogP contribution is -2.31. The molecule has 1 aliphatic carbocycles. The molecule has 104 valence electrons. The molecule has 0 bridgehead atoms. The molecular weight excluding hydrogens is 266 g/mol. The summed E-state index contributed by atoms with van der Waals surface area (Å²) in [5.74, 6) is -0.496. The smallest absolute Gasteiger partial charge is 0.335 e. The number of carboxylic acid groups (broad SMARTS) is 1. The van der Waals surface area contributed by atoms with Gasteiger partial charge in [-0.05, 0) is 36.5 Å². The molecule has 0 aliphatic heterocycles. The Bertz CT molecular complexity index is 547. The third-order valence-electron chi connectivity index (χ3n) is 3.38. The summed E-state index contributed by atoms with van der Waals surface area (Å²) in [5, 5.41) is 8.76. The van der Waals surface area contributed by atoms with E-state index in [1.165, 1.54) is 12.1 Å². The predicted molar refractivity (Wildman–Crippen MR) is 71.4 cm³/mol. The molecule has 19 heavy (non-hydrogen) atoms. The summed E-state index contributed by atoms with van der Waals surface area (Å²) in [6.07, 6.45) is 3.11. The SMILES string of the molecule is O=C(O)c1ccc(CNS(=O)(=O)CC2CCC2)cc1. The number of rotatable bonds is 6. The van der Waals surface area contributed by atoms with Crippen LogP contribution in [0.25, 0.3) is 0 Å². The molecule has 5 nitrogen and oxygen atoms in total. The van der Waals surface area contributed by atoms with Crippen LogP contribution in [0.2, 0.25) is 0 Å². The van der Waals surface area contributed by atoms with Crippen LogP contribution >= 0.6 is 0 Å². The van der Waals surface area contributed by atoms with E-state index in [0.717, 1.165) is 24.8 Å². The predicted octanol–water partition coefficient (Wildman–Crippen LogP) is 1.60. The minimum absolute atomic E-state index is 0.195. The molecule has 1 aromatic carbocycles. The Morgan fingerprint density at radius 3 is 2.37 bits per heavy atom. The Kier molecular flexibility index (Phi) is 4.21. The van der Waals surface area contributed by atoms with Crippen molar-refractivity contribution < 1.29 is 18.3 Å². The Morgan fingerprint density at radius 1 is 1.26 bits per heavy atom. The monoisotopic (exact) mass is 283 g/mol. The van der Waals surface area contributed by atoms with Crippen LogP contribution in [0, 0.1) is 5.92 Å². The zero-order valence-corrected chi connectivity index (χ0v) is 11.3. The van der Waals surface area contributed by atoms with Crippen LogP contribution in [0.5, 0.6) is 0 Å². The quantitative estimate of drug-likeness (QED) is 0.830. The second-order valence-electron chi connectivity index (χ2n) is 4.90. The average Bonchev–Trinajstić information content (AvgIpc) is 2.32. The third kappa shape index (κ3) is 4.04. The van der Waals surface area contributed by atoms with Crippen LogP contribution in [-0.4, -0.2) is 25.2 Å². The Hall–Kier alpha value is -1.40. The first-order chi connectivity index (χ1) is 8.96. The average molecular weight is 283 g/mol. The largest absolute Gasteiger partial charge is 0.478 e. The van der Waals surface area contributed by atoms with Gasteiger partial charge >= 0.3 is 5.97 Å². The highest BCUT2D eigenvalue weighted by Gasteiger charge is 2.24. The summed E-state index contributed by atoms with van der Waals surface area (Å²) >= 11 is 0. The van der Waals surface area contributed by atoms with Gasteiger partial charge in [-0.3, -0.25) is 0 Å². The summed E-state index contributed by atoms with van der Waals surface area (Å²) in [5.41, 5.74) is 0.947. The molecule has 0 amide bonds. The Labute approximate surface area is 112 Å². The number of carboxylic acids is 1. The number of hydrogen-bond donors (Lipinski definition) is 2. The minimum Gasteiger partial charge on any atom is -0.478 e. The third-order valence-corrected chi connectivity index (χ3v) is 4.87. The molecule has 0 atom stereocenters. The van der Waals surface area contributed by atoms with Gasteiger partial charge in [0.15, 0.2) is 0 Å². The van der Waals surface area contributed by atoms with Crippen molar-refractivity contribution in [2.75, 3.05) is 5.75 Å². The Morgan fingerprint density at radius 2 is 1.89 bits per heavy atom. The number of carbonyl (C=O) groups is 1. The fourth-order valence-corrected chi connectivity index (χ4v) is 3.45. The van der Waals surface area contributed by atoms with Gasteiger partial charge in [0.2, 0.25) is 10.0 Å². The highest BCUT2D eigenvalue weighted by molar-refractivity contribution is 7.89. The normalized spacial score (nSPS) is 16.0. The molecular formula is C13H17NO4S. The van der Waals surface area contributed by atoms with E-state index < -0.39 is 16.0 Å². The molecule has 6 heteroatoms. The van der Waals surface area contributed by atoms with E-state index in [2.05, 4.69) is 4.72 Å². The van der Waals surface area contributed by atoms with Crippen LogP contribution in [0.15, 0.2) is 24.3 Å². The van der Waals surface area contributed by atoms with Crippen LogP contribution in [0.4, 0.5) is 0 Å². The molecule has 0 radical (unpaired) electrons. The summed E-state index contributed by atoms with van der Waals surface area (Å²) in [6, 6.07) is 6.18. The van der Waals surface area contributed by atoms with Crippen LogP contribution < -0.4 is 4.72 Å². The highest BCUT2D eigenvalue weighted by atomic mass is 32.2. The molecule has 1 fully saturated rings.